The Hall–Kier alpha value is -4.54. The van der Waals surface area contributed by atoms with Gasteiger partial charge in [-0.1, -0.05) is 59.3 Å². The Morgan fingerprint density at radius 1 is 1.02 bits per heavy atom. The lowest BCUT2D eigenvalue weighted by Crippen LogP contribution is -2.40. The molecule has 1 atom stereocenters. The number of fused-ring (bicyclic) bond motifs is 3. The first-order valence-electron chi connectivity index (χ1n) is 12.8. The van der Waals surface area contributed by atoms with Crippen LogP contribution in [0.2, 0.25) is 5.02 Å². The summed E-state index contributed by atoms with van der Waals surface area (Å²) in [5, 5.41) is 0.407. The third-order valence-electron chi connectivity index (χ3n) is 6.86. The van der Waals surface area contributed by atoms with Crippen molar-refractivity contribution in [2.75, 3.05) is 20.2 Å². The fraction of sp³-hybridized carbons (Fsp3) is 0.167. The Kier molecular flexibility index (Phi) is 6.29. The lowest BCUT2D eigenvalue weighted by atomic mass is 9.93. The standard InChI is InChI=1S/C30H21ClN2O7S/c1-2-36-29(35)25-26(16-6-4-3-5-7-16)32-30-33(27(25)17-8-9-20-21(10-17)38-14-37-20)28(34)24(41-30)12-18-11-22-23(13-19(18)31)40-15-39-22/h3-13,27H,2,14-15H2,1H3/b24-12+. The largest absolute Gasteiger partial charge is 0.463 e. The molecule has 0 aliphatic carbocycles. The molecule has 3 aliphatic heterocycles. The van der Waals surface area contributed by atoms with Crippen molar-refractivity contribution in [2.24, 2.45) is 4.99 Å². The number of aromatic nitrogens is 1. The summed E-state index contributed by atoms with van der Waals surface area (Å²) in [5.74, 6) is 1.64. The van der Waals surface area contributed by atoms with Gasteiger partial charge in [0.25, 0.3) is 5.56 Å². The number of rotatable bonds is 5. The predicted molar refractivity (Wildman–Crippen MR) is 151 cm³/mol. The smallest absolute Gasteiger partial charge is 0.338 e. The molecule has 0 saturated heterocycles. The van der Waals surface area contributed by atoms with Crippen molar-refractivity contribution in [3.63, 3.8) is 0 Å². The molecule has 4 heterocycles. The minimum atomic E-state index is -0.843. The van der Waals surface area contributed by atoms with Crippen molar-refractivity contribution >= 4 is 40.7 Å². The number of ether oxygens (including phenoxy) is 5. The third-order valence-corrected chi connectivity index (χ3v) is 8.17. The van der Waals surface area contributed by atoms with Crippen LogP contribution in [0.3, 0.4) is 0 Å². The quantitative estimate of drug-likeness (QED) is 0.325. The number of hydrogen-bond acceptors (Lipinski definition) is 9. The van der Waals surface area contributed by atoms with Gasteiger partial charge in [0.15, 0.2) is 27.8 Å². The highest BCUT2D eigenvalue weighted by Crippen LogP contribution is 2.40. The van der Waals surface area contributed by atoms with E-state index in [-0.39, 0.29) is 31.3 Å². The van der Waals surface area contributed by atoms with E-state index in [1.165, 1.54) is 15.9 Å². The van der Waals surface area contributed by atoms with Gasteiger partial charge in [0.05, 0.1) is 33.5 Å². The maximum Gasteiger partial charge on any atom is 0.338 e. The summed E-state index contributed by atoms with van der Waals surface area (Å²) in [5.41, 5.74) is 2.30. The van der Waals surface area contributed by atoms with Gasteiger partial charge in [-0.2, -0.15) is 0 Å². The molecule has 1 unspecified atom stereocenters. The van der Waals surface area contributed by atoms with Crippen molar-refractivity contribution in [3.05, 3.63) is 108 Å². The molecule has 3 aromatic carbocycles. The number of carbonyl (C=O) groups excluding carboxylic acids is 1. The number of thiazole rings is 1. The Morgan fingerprint density at radius 3 is 2.49 bits per heavy atom. The van der Waals surface area contributed by atoms with Gasteiger partial charge in [-0.3, -0.25) is 9.36 Å². The van der Waals surface area contributed by atoms with E-state index in [0.717, 1.165) is 5.56 Å². The van der Waals surface area contributed by atoms with Gasteiger partial charge >= 0.3 is 5.97 Å². The van der Waals surface area contributed by atoms with E-state index in [4.69, 9.17) is 40.3 Å². The van der Waals surface area contributed by atoms with Gasteiger partial charge in [0.2, 0.25) is 13.6 Å². The zero-order valence-corrected chi connectivity index (χ0v) is 23.2. The highest BCUT2D eigenvalue weighted by molar-refractivity contribution is 7.07. The van der Waals surface area contributed by atoms with Crippen LogP contribution in [0.4, 0.5) is 0 Å². The Labute approximate surface area is 242 Å². The fourth-order valence-electron chi connectivity index (χ4n) is 5.02. The molecular formula is C30H21ClN2O7S. The molecule has 0 bridgehead atoms. The van der Waals surface area contributed by atoms with Crippen LogP contribution < -0.4 is 33.8 Å². The van der Waals surface area contributed by atoms with Crippen LogP contribution in [0.1, 0.15) is 29.7 Å². The molecular weight excluding hydrogens is 568 g/mol. The van der Waals surface area contributed by atoms with E-state index in [1.807, 2.05) is 36.4 Å². The molecule has 41 heavy (non-hydrogen) atoms. The van der Waals surface area contributed by atoms with Crippen molar-refractivity contribution < 1.29 is 28.5 Å². The summed E-state index contributed by atoms with van der Waals surface area (Å²) in [7, 11) is 0. The molecule has 7 rings (SSSR count). The minimum Gasteiger partial charge on any atom is -0.463 e. The highest BCUT2D eigenvalue weighted by atomic mass is 35.5. The van der Waals surface area contributed by atoms with Gasteiger partial charge in [-0.05, 0) is 42.3 Å². The topological polar surface area (TPSA) is 97.6 Å². The fourth-order valence-corrected chi connectivity index (χ4v) is 6.22. The van der Waals surface area contributed by atoms with Crippen molar-refractivity contribution in [3.8, 4) is 23.0 Å². The number of esters is 1. The zero-order valence-electron chi connectivity index (χ0n) is 21.6. The summed E-state index contributed by atoms with van der Waals surface area (Å²) in [4.78, 5) is 33.0. The van der Waals surface area contributed by atoms with Crippen LogP contribution in [0.25, 0.3) is 11.8 Å². The average Bonchev–Trinajstić information content (AvgIpc) is 3.71. The van der Waals surface area contributed by atoms with E-state index >= 15 is 0 Å². The van der Waals surface area contributed by atoms with Gasteiger partial charge in [0.1, 0.15) is 0 Å². The Balaban J connectivity index is 1.49. The molecule has 0 amide bonds. The van der Waals surface area contributed by atoms with Gasteiger partial charge in [-0.15, -0.1) is 0 Å². The Morgan fingerprint density at radius 2 is 1.73 bits per heavy atom. The monoisotopic (exact) mass is 588 g/mol. The lowest BCUT2D eigenvalue weighted by Gasteiger charge is -2.26. The first-order chi connectivity index (χ1) is 20.0. The van der Waals surface area contributed by atoms with E-state index in [9.17, 15) is 9.59 Å². The molecule has 4 aromatic rings. The third kappa shape index (κ3) is 4.36. The van der Waals surface area contributed by atoms with Crippen LogP contribution in [-0.4, -0.2) is 30.7 Å². The van der Waals surface area contributed by atoms with Crippen molar-refractivity contribution in [1.29, 1.82) is 0 Å². The second-order valence-electron chi connectivity index (χ2n) is 9.27. The van der Waals surface area contributed by atoms with E-state index in [0.29, 0.717) is 54.2 Å². The predicted octanol–water partition coefficient (Wildman–Crippen LogP) is 4.05. The highest BCUT2D eigenvalue weighted by Gasteiger charge is 2.36. The first-order valence-corrected chi connectivity index (χ1v) is 14.0. The molecule has 1 aromatic heterocycles. The molecule has 11 heteroatoms. The summed E-state index contributed by atoms with van der Waals surface area (Å²) in [6.45, 7) is 2.09. The number of benzene rings is 3. The van der Waals surface area contributed by atoms with Crippen LogP contribution in [-0.2, 0) is 9.53 Å². The molecule has 0 radical (unpaired) electrons. The molecule has 206 valence electrons. The number of nitrogens with zero attached hydrogens (tertiary/aromatic N) is 2. The van der Waals surface area contributed by atoms with Crippen LogP contribution in [0.5, 0.6) is 23.0 Å². The maximum absolute atomic E-state index is 14.1. The van der Waals surface area contributed by atoms with E-state index in [2.05, 4.69) is 0 Å². The summed E-state index contributed by atoms with van der Waals surface area (Å²) >= 11 is 7.73. The molecule has 0 saturated carbocycles. The molecule has 0 spiro atoms. The summed E-state index contributed by atoms with van der Waals surface area (Å²) < 4.78 is 29.5. The Bertz CT molecular complexity index is 1930. The van der Waals surface area contributed by atoms with E-state index in [1.54, 1.807) is 37.3 Å². The number of hydrogen-bond donors (Lipinski definition) is 0. The zero-order chi connectivity index (χ0) is 28.1. The SMILES string of the molecule is CCOC(=O)C1=C(c2ccccc2)N=c2s/c(=C/c3cc4c(cc3Cl)OCO4)c(=O)n2C1c1ccc2c(c1)OCO2. The van der Waals surface area contributed by atoms with Gasteiger partial charge < -0.3 is 23.7 Å². The summed E-state index contributed by atoms with van der Waals surface area (Å²) in [6, 6.07) is 17.3. The number of halogens is 1. The molecule has 0 N–H and O–H groups in total. The number of carbonyl (C=O) groups is 1. The van der Waals surface area contributed by atoms with Crippen LogP contribution >= 0.6 is 22.9 Å². The molecule has 9 nitrogen and oxygen atoms in total. The van der Waals surface area contributed by atoms with Gasteiger partial charge in [0, 0.05) is 11.6 Å². The van der Waals surface area contributed by atoms with Crippen LogP contribution in [0, 0.1) is 0 Å². The average molecular weight is 589 g/mol. The second-order valence-corrected chi connectivity index (χ2v) is 10.7. The van der Waals surface area contributed by atoms with Crippen molar-refractivity contribution in [1.82, 2.24) is 4.57 Å². The first kappa shape index (κ1) is 25.4. The molecule has 3 aliphatic rings. The normalized spacial score (nSPS) is 16.9. The second kappa shape index (κ2) is 10.1. The molecule has 0 fully saturated rings. The summed E-state index contributed by atoms with van der Waals surface area (Å²) in [6.07, 6.45) is 1.70. The van der Waals surface area contributed by atoms with Gasteiger partial charge in [-0.25, -0.2) is 9.79 Å². The minimum absolute atomic E-state index is 0.0909. The van der Waals surface area contributed by atoms with E-state index < -0.39 is 12.0 Å². The van der Waals surface area contributed by atoms with Crippen molar-refractivity contribution in [2.45, 2.75) is 13.0 Å². The van der Waals surface area contributed by atoms with Crippen LogP contribution in [0.15, 0.2) is 76.0 Å². The lowest BCUT2D eigenvalue weighted by molar-refractivity contribution is -0.138. The maximum atomic E-state index is 14.1.